The Balaban J connectivity index is 2.58. The Bertz CT molecular complexity index is 656. The van der Waals surface area contributed by atoms with Crippen LogP contribution in [0.15, 0.2) is 18.2 Å². The monoisotopic (exact) mass is 278 g/mol. The number of aryl methyl sites for hydroxylation is 1. The van der Waals surface area contributed by atoms with Crippen LogP contribution in [0.25, 0.3) is 11.4 Å². The smallest absolute Gasteiger partial charge is 0.331 e. The molecule has 1 atom stereocenters. The van der Waals surface area contributed by atoms with Gasteiger partial charge in [0.05, 0.1) is 0 Å². The van der Waals surface area contributed by atoms with Crippen LogP contribution in [0.4, 0.5) is 4.39 Å². The molecule has 1 unspecified atom stereocenters. The van der Waals surface area contributed by atoms with Crippen LogP contribution in [0.2, 0.25) is 0 Å². The Morgan fingerprint density at radius 3 is 2.75 bits per heavy atom. The van der Waals surface area contributed by atoms with Gasteiger partial charge in [0.2, 0.25) is 0 Å². The summed E-state index contributed by atoms with van der Waals surface area (Å²) in [6.45, 7) is 4.91. The van der Waals surface area contributed by atoms with E-state index in [9.17, 15) is 14.3 Å². The van der Waals surface area contributed by atoms with Crippen molar-refractivity contribution in [1.82, 2.24) is 20.2 Å². The molecule has 0 aliphatic carbocycles. The lowest BCUT2D eigenvalue weighted by molar-refractivity contribution is -0.147. The predicted molar refractivity (Wildman–Crippen MR) is 69.5 cm³/mol. The first kappa shape index (κ1) is 14.1. The minimum atomic E-state index is -1.28. The topological polar surface area (TPSA) is 80.9 Å². The molecule has 106 valence electrons. The van der Waals surface area contributed by atoms with Crippen molar-refractivity contribution in [1.29, 1.82) is 0 Å². The van der Waals surface area contributed by atoms with Crippen LogP contribution in [0, 0.1) is 12.7 Å². The van der Waals surface area contributed by atoms with Gasteiger partial charge >= 0.3 is 5.97 Å². The molecule has 20 heavy (non-hydrogen) atoms. The second kappa shape index (κ2) is 4.99. The lowest BCUT2D eigenvalue weighted by atomic mass is 9.99. The molecule has 0 fully saturated rings. The van der Waals surface area contributed by atoms with Crippen LogP contribution in [-0.2, 0) is 10.3 Å². The Labute approximate surface area is 115 Å². The van der Waals surface area contributed by atoms with E-state index in [1.807, 2.05) is 0 Å². The van der Waals surface area contributed by atoms with Crippen molar-refractivity contribution in [3.63, 3.8) is 0 Å². The quantitative estimate of drug-likeness (QED) is 0.925. The van der Waals surface area contributed by atoms with E-state index in [1.54, 1.807) is 26.0 Å². The fraction of sp³-hybridized carbons (Fsp3) is 0.385. The molecule has 2 aromatic rings. The van der Waals surface area contributed by atoms with Crippen molar-refractivity contribution in [2.24, 2.45) is 0 Å². The van der Waals surface area contributed by atoms with E-state index in [0.29, 0.717) is 17.5 Å². The van der Waals surface area contributed by atoms with Crippen molar-refractivity contribution in [2.45, 2.75) is 32.7 Å². The molecule has 6 nitrogen and oxygen atoms in total. The van der Waals surface area contributed by atoms with Gasteiger partial charge in [-0.05, 0) is 42.3 Å². The van der Waals surface area contributed by atoms with Crippen LogP contribution in [0.3, 0.4) is 0 Å². The van der Waals surface area contributed by atoms with E-state index >= 15 is 0 Å². The lowest BCUT2D eigenvalue weighted by Crippen LogP contribution is -2.39. The summed E-state index contributed by atoms with van der Waals surface area (Å²) in [6.07, 6.45) is 0.300. The standard InChI is InChI=1S/C13H15FN4O2/c1-4-13(3,12(19)20)18-11(15-16-17-18)9-6-5-8(2)10(14)7-9/h5-7H,4H2,1-3H3,(H,19,20). The maximum Gasteiger partial charge on any atom is 0.331 e. The Morgan fingerprint density at radius 2 is 2.20 bits per heavy atom. The molecular formula is C13H15FN4O2. The number of aromatic nitrogens is 4. The molecule has 1 heterocycles. The number of hydrogen-bond acceptors (Lipinski definition) is 4. The zero-order chi connectivity index (χ0) is 14.9. The van der Waals surface area contributed by atoms with Crippen molar-refractivity contribution in [3.05, 3.63) is 29.6 Å². The third-order valence-corrected chi connectivity index (χ3v) is 3.52. The van der Waals surface area contributed by atoms with E-state index in [0.717, 1.165) is 0 Å². The highest BCUT2D eigenvalue weighted by Crippen LogP contribution is 2.27. The number of hydrogen-bond donors (Lipinski definition) is 1. The van der Waals surface area contributed by atoms with Gasteiger partial charge in [0.15, 0.2) is 11.4 Å². The molecule has 0 saturated carbocycles. The van der Waals surface area contributed by atoms with Crippen molar-refractivity contribution in [3.8, 4) is 11.4 Å². The normalized spacial score (nSPS) is 14.0. The van der Waals surface area contributed by atoms with Crippen molar-refractivity contribution >= 4 is 5.97 Å². The Morgan fingerprint density at radius 1 is 1.50 bits per heavy atom. The molecule has 0 radical (unpaired) electrons. The number of carboxylic acids is 1. The third kappa shape index (κ3) is 2.15. The predicted octanol–water partition coefficient (Wildman–Crippen LogP) is 2.00. The average Bonchev–Trinajstić information content (AvgIpc) is 2.90. The van der Waals surface area contributed by atoms with Gasteiger partial charge in [-0.15, -0.1) is 5.10 Å². The van der Waals surface area contributed by atoms with Crippen LogP contribution in [0.5, 0.6) is 0 Å². The first-order valence-electron chi connectivity index (χ1n) is 6.19. The molecule has 1 aromatic heterocycles. The number of nitrogens with zero attached hydrogens (tertiary/aromatic N) is 4. The van der Waals surface area contributed by atoms with Gasteiger partial charge in [-0.2, -0.15) is 0 Å². The summed E-state index contributed by atoms with van der Waals surface area (Å²) in [6, 6.07) is 4.57. The number of aliphatic carboxylic acids is 1. The average molecular weight is 278 g/mol. The molecule has 0 amide bonds. The SMILES string of the molecule is CCC(C)(C(=O)O)n1nnnc1-c1ccc(C)c(F)c1. The zero-order valence-electron chi connectivity index (χ0n) is 11.5. The van der Waals surface area contributed by atoms with E-state index in [-0.39, 0.29) is 11.6 Å². The Hall–Kier alpha value is -2.31. The number of carboxylic acid groups (broad SMARTS) is 1. The molecule has 1 aromatic carbocycles. The minimum Gasteiger partial charge on any atom is -0.479 e. The first-order valence-corrected chi connectivity index (χ1v) is 6.19. The highest BCUT2D eigenvalue weighted by Gasteiger charge is 2.37. The van der Waals surface area contributed by atoms with Gasteiger partial charge in [0, 0.05) is 5.56 Å². The van der Waals surface area contributed by atoms with Crippen molar-refractivity contribution < 1.29 is 14.3 Å². The summed E-state index contributed by atoms with van der Waals surface area (Å²) in [4.78, 5) is 11.5. The lowest BCUT2D eigenvalue weighted by Gasteiger charge is -2.24. The Kier molecular flexibility index (Phi) is 3.52. The third-order valence-electron chi connectivity index (χ3n) is 3.52. The van der Waals surface area contributed by atoms with Gasteiger partial charge in [-0.1, -0.05) is 19.1 Å². The maximum atomic E-state index is 13.6. The zero-order valence-corrected chi connectivity index (χ0v) is 11.5. The fourth-order valence-electron chi connectivity index (χ4n) is 1.82. The first-order chi connectivity index (χ1) is 9.40. The van der Waals surface area contributed by atoms with Gasteiger partial charge < -0.3 is 5.11 Å². The highest BCUT2D eigenvalue weighted by molar-refractivity contribution is 5.77. The summed E-state index contributed by atoms with van der Waals surface area (Å²) in [5.74, 6) is -1.19. The number of halogens is 1. The van der Waals surface area contributed by atoms with Gasteiger partial charge in [-0.3, -0.25) is 0 Å². The molecule has 0 spiro atoms. The molecule has 0 aliphatic heterocycles. The molecule has 2 rings (SSSR count). The summed E-state index contributed by atoms with van der Waals surface area (Å²) >= 11 is 0. The van der Waals surface area contributed by atoms with Gasteiger partial charge in [-0.25, -0.2) is 13.9 Å². The molecule has 1 N–H and O–H groups in total. The van der Waals surface area contributed by atoms with E-state index in [1.165, 1.54) is 17.7 Å². The van der Waals surface area contributed by atoms with E-state index in [4.69, 9.17) is 0 Å². The van der Waals surface area contributed by atoms with Crippen LogP contribution < -0.4 is 0 Å². The molecule has 0 aliphatic rings. The summed E-state index contributed by atoms with van der Waals surface area (Å²) < 4.78 is 14.9. The highest BCUT2D eigenvalue weighted by atomic mass is 19.1. The van der Waals surface area contributed by atoms with Crippen LogP contribution in [-0.4, -0.2) is 31.3 Å². The number of benzene rings is 1. The number of carbonyl (C=O) groups is 1. The van der Waals surface area contributed by atoms with Gasteiger partial charge in [0.1, 0.15) is 5.82 Å². The van der Waals surface area contributed by atoms with Crippen LogP contribution >= 0.6 is 0 Å². The summed E-state index contributed by atoms with van der Waals surface area (Å²) in [5, 5.41) is 20.5. The minimum absolute atomic E-state index is 0.232. The van der Waals surface area contributed by atoms with E-state index in [2.05, 4.69) is 15.5 Å². The van der Waals surface area contributed by atoms with Crippen molar-refractivity contribution in [2.75, 3.05) is 0 Å². The summed E-state index contributed by atoms with van der Waals surface area (Å²) in [7, 11) is 0. The number of tetrazole rings is 1. The summed E-state index contributed by atoms with van der Waals surface area (Å²) in [5.41, 5.74) is -0.330. The second-order valence-corrected chi connectivity index (χ2v) is 4.81. The fourth-order valence-corrected chi connectivity index (χ4v) is 1.82. The molecule has 0 bridgehead atoms. The molecule has 7 heteroatoms. The molecular weight excluding hydrogens is 263 g/mol. The number of rotatable bonds is 4. The second-order valence-electron chi connectivity index (χ2n) is 4.81. The van der Waals surface area contributed by atoms with Gasteiger partial charge in [0.25, 0.3) is 0 Å². The maximum absolute atomic E-state index is 13.6. The largest absolute Gasteiger partial charge is 0.479 e. The molecule has 0 saturated heterocycles. The van der Waals surface area contributed by atoms with E-state index < -0.39 is 11.5 Å². The van der Waals surface area contributed by atoms with Crippen LogP contribution in [0.1, 0.15) is 25.8 Å².